The molecule has 2 atom stereocenters. The molecule has 1 saturated heterocycles. The zero-order chi connectivity index (χ0) is 13.6. The Balaban J connectivity index is 2.01. The number of halogens is 4. The van der Waals surface area contributed by atoms with Crippen LogP contribution in [0.3, 0.4) is 0 Å². The molecule has 2 fully saturated rings. The normalized spacial score (nSPS) is 26.2. The summed E-state index contributed by atoms with van der Waals surface area (Å²) in [7, 11) is 0. The Labute approximate surface area is 115 Å². The third kappa shape index (κ3) is 2.31. The predicted octanol–water partition coefficient (Wildman–Crippen LogP) is 4.43. The van der Waals surface area contributed by atoms with Gasteiger partial charge in [-0.15, -0.1) is 11.6 Å². The molecule has 1 heterocycles. The van der Waals surface area contributed by atoms with Gasteiger partial charge in [0, 0.05) is 24.2 Å². The Kier molecular flexibility index (Phi) is 3.16. The second kappa shape index (κ2) is 4.58. The van der Waals surface area contributed by atoms with Crippen LogP contribution in [0, 0.1) is 5.92 Å². The smallest absolute Gasteiger partial charge is 0.368 e. The van der Waals surface area contributed by atoms with Gasteiger partial charge >= 0.3 is 6.18 Å². The molecule has 5 heteroatoms. The summed E-state index contributed by atoms with van der Waals surface area (Å²) in [6.45, 7) is 0.758. The van der Waals surface area contributed by atoms with E-state index in [0.717, 1.165) is 25.8 Å². The first-order chi connectivity index (χ1) is 8.99. The van der Waals surface area contributed by atoms with Crippen molar-refractivity contribution in [3.05, 3.63) is 29.3 Å². The second-order valence-corrected chi connectivity index (χ2v) is 5.74. The van der Waals surface area contributed by atoms with Gasteiger partial charge in [0.2, 0.25) is 0 Å². The molecule has 1 aromatic rings. The monoisotopic (exact) mass is 289 g/mol. The zero-order valence-corrected chi connectivity index (χ0v) is 11.1. The van der Waals surface area contributed by atoms with Crippen molar-refractivity contribution in [3.8, 4) is 0 Å². The molecule has 19 heavy (non-hydrogen) atoms. The Morgan fingerprint density at radius 3 is 2.58 bits per heavy atom. The standard InChI is InChI=1S/C14H15ClF3N/c15-7-9-2-4-13(12(6-9)14(16,17)18)19-8-10-1-3-11(19)5-10/h2,4,6,10-11H,1,3,5,7-8H2. The summed E-state index contributed by atoms with van der Waals surface area (Å²) in [6.07, 6.45) is -1.12. The maximum absolute atomic E-state index is 13.2. The van der Waals surface area contributed by atoms with Gasteiger partial charge in [-0.1, -0.05) is 6.07 Å². The summed E-state index contributed by atoms with van der Waals surface area (Å²) in [5, 5.41) is 0. The average Bonchev–Trinajstić information content (AvgIpc) is 2.99. The number of fused-ring (bicyclic) bond motifs is 2. The molecule has 1 aromatic carbocycles. The molecular weight excluding hydrogens is 275 g/mol. The van der Waals surface area contributed by atoms with Crippen LogP contribution in [0.25, 0.3) is 0 Å². The van der Waals surface area contributed by atoms with Gasteiger partial charge in [0.25, 0.3) is 0 Å². The van der Waals surface area contributed by atoms with Crippen LogP contribution in [0.15, 0.2) is 18.2 Å². The van der Waals surface area contributed by atoms with Gasteiger partial charge in [-0.3, -0.25) is 0 Å². The highest BCUT2D eigenvalue weighted by atomic mass is 35.5. The van der Waals surface area contributed by atoms with Crippen molar-refractivity contribution < 1.29 is 13.2 Å². The molecule has 1 aliphatic heterocycles. The van der Waals surface area contributed by atoms with Crippen molar-refractivity contribution in [2.45, 2.75) is 37.4 Å². The minimum absolute atomic E-state index is 0.107. The van der Waals surface area contributed by atoms with Crippen LogP contribution in [0.4, 0.5) is 18.9 Å². The maximum atomic E-state index is 13.2. The topological polar surface area (TPSA) is 3.24 Å². The number of hydrogen-bond donors (Lipinski definition) is 0. The third-order valence-electron chi connectivity index (χ3n) is 4.24. The summed E-state index contributed by atoms with van der Waals surface area (Å²) in [5.41, 5.74) is 0.300. The molecule has 1 nitrogen and oxygen atoms in total. The van der Waals surface area contributed by atoms with Crippen molar-refractivity contribution in [1.29, 1.82) is 0 Å². The number of benzene rings is 1. The first-order valence-electron chi connectivity index (χ1n) is 6.52. The van der Waals surface area contributed by atoms with Crippen LogP contribution >= 0.6 is 11.6 Å². The summed E-state index contributed by atoms with van der Waals surface area (Å²) in [6, 6.07) is 4.76. The van der Waals surface area contributed by atoms with E-state index in [4.69, 9.17) is 11.6 Å². The molecule has 0 N–H and O–H groups in total. The molecule has 2 unspecified atom stereocenters. The molecule has 2 bridgehead atoms. The second-order valence-electron chi connectivity index (χ2n) is 5.47. The van der Waals surface area contributed by atoms with E-state index in [1.807, 2.05) is 4.90 Å². The summed E-state index contributed by atoms with van der Waals surface area (Å²) < 4.78 is 39.6. The minimum Gasteiger partial charge on any atom is -0.368 e. The fourth-order valence-corrected chi connectivity index (χ4v) is 3.53. The van der Waals surface area contributed by atoms with Gasteiger partial charge in [0.15, 0.2) is 0 Å². The van der Waals surface area contributed by atoms with Gasteiger partial charge < -0.3 is 4.90 Å². The first kappa shape index (κ1) is 13.1. The highest BCUT2D eigenvalue weighted by molar-refractivity contribution is 6.17. The lowest BCUT2D eigenvalue weighted by atomic mass is 10.0. The molecule has 0 radical (unpaired) electrons. The van der Waals surface area contributed by atoms with E-state index < -0.39 is 11.7 Å². The van der Waals surface area contributed by atoms with Crippen molar-refractivity contribution in [3.63, 3.8) is 0 Å². The number of hydrogen-bond acceptors (Lipinski definition) is 1. The number of piperidine rings is 1. The van der Waals surface area contributed by atoms with Crippen LogP contribution in [0.2, 0.25) is 0 Å². The zero-order valence-electron chi connectivity index (χ0n) is 10.4. The summed E-state index contributed by atoms with van der Waals surface area (Å²) in [4.78, 5) is 1.94. The number of anilines is 1. The number of alkyl halides is 4. The average molecular weight is 290 g/mol. The van der Waals surface area contributed by atoms with Crippen molar-refractivity contribution in [2.24, 2.45) is 5.92 Å². The van der Waals surface area contributed by atoms with Crippen LogP contribution in [0.1, 0.15) is 30.4 Å². The number of rotatable bonds is 2. The van der Waals surface area contributed by atoms with Crippen LogP contribution in [-0.2, 0) is 12.1 Å². The summed E-state index contributed by atoms with van der Waals surface area (Å²) >= 11 is 5.64. The van der Waals surface area contributed by atoms with Gasteiger partial charge in [-0.05, 0) is 42.9 Å². The molecule has 2 aliphatic rings. The van der Waals surface area contributed by atoms with Crippen molar-refractivity contribution in [2.75, 3.05) is 11.4 Å². The van der Waals surface area contributed by atoms with E-state index >= 15 is 0 Å². The van der Waals surface area contributed by atoms with Crippen molar-refractivity contribution in [1.82, 2.24) is 0 Å². The fourth-order valence-electron chi connectivity index (χ4n) is 3.36. The lowest BCUT2D eigenvalue weighted by Crippen LogP contribution is -2.33. The molecule has 3 rings (SSSR count). The quantitative estimate of drug-likeness (QED) is 0.728. The molecule has 1 aliphatic carbocycles. The van der Waals surface area contributed by atoms with Crippen molar-refractivity contribution >= 4 is 17.3 Å². The Morgan fingerprint density at radius 1 is 1.26 bits per heavy atom. The molecule has 1 saturated carbocycles. The molecular formula is C14H15ClF3N. The van der Waals surface area contributed by atoms with Crippen LogP contribution < -0.4 is 4.90 Å². The lowest BCUT2D eigenvalue weighted by molar-refractivity contribution is -0.137. The predicted molar refractivity (Wildman–Crippen MR) is 69.5 cm³/mol. The number of nitrogens with zero attached hydrogens (tertiary/aromatic N) is 1. The Morgan fingerprint density at radius 2 is 2.05 bits per heavy atom. The lowest BCUT2D eigenvalue weighted by Gasteiger charge is -2.31. The SMILES string of the molecule is FC(F)(F)c1cc(CCl)ccc1N1CC2CCC1C2. The van der Waals surface area contributed by atoms with Crippen LogP contribution in [0.5, 0.6) is 0 Å². The first-order valence-corrected chi connectivity index (χ1v) is 7.05. The summed E-state index contributed by atoms with van der Waals surface area (Å²) in [5.74, 6) is 0.675. The van der Waals surface area contributed by atoms with E-state index in [-0.39, 0.29) is 11.9 Å². The molecule has 0 spiro atoms. The highest BCUT2D eigenvalue weighted by Crippen LogP contribution is 2.45. The van der Waals surface area contributed by atoms with Gasteiger partial charge in [0.05, 0.1) is 5.56 Å². The highest BCUT2D eigenvalue weighted by Gasteiger charge is 2.42. The van der Waals surface area contributed by atoms with E-state index in [9.17, 15) is 13.2 Å². The largest absolute Gasteiger partial charge is 0.418 e. The third-order valence-corrected chi connectivity index (χ3v) is 4.55. The minimum atomic E-state index is -4.32. The Hall–Kier alpha value is -0.900. The van der Waals surface area contributed by atoms with E-state index in [0.29, 0.717) is 17.2 Å². The molecule has 0 amide bonds. The van der Waals surface area contributed by atoms with Gasteiger partial charge in [-0.2, -0.15) is 13.2 Å². The van der Waals surface area contributed by atoms with E-state index in [2.05, 4.69) is 0 Å². The van der Waals surface area contributed by atoms with Crippen LogP contribution in [-0.4, -0.2) is 12.6 Å². The molecule has 104 valence electrons. The van der Waals surface area contributed by atoms with Gasteiger partial charge in [0.1, 0.15) is 0 Å². The fraction of sp³-hybridized carbons (Fsp3) is 0.571. The molecule has 0 aromatic heterocycles. The van der Waals surface area contributed by atoms with E-state index in [1.165, 1.54) is 6.07 Å². The van der Waals surface area contributed by atoms with E-state index in [1.54, 1.807) is 12.1 Å². The Bertz CT molecular complexity index is 486. The maximum Gasteiger partial charge on any atom is 0.418 e. The van der Waals surface area contributed by atoms with Gasteiger partial charge in [-0.25, -0.2) is 0 Å².